The molecule has 0 radical (unpaired) electrons. The van der Waals surface area contributed by atoms with Crippen LogP contribution in [0.3, 0.4) is 0 Å². The molecular weight excluding hydrogens is 300 g/mol. The molecule has 6 nitrogen and oxygen atoms in total. The van der Waals surface area contributed by atoms with E-state index < -0.39 is 10.0 Å². The minimum atomic E-state index is -3.87. The molecule has 3 aromatic heterocycles. The molecule has 0 bridgehead atoms. The predicted octanol–water partition coefficient (Wildman–Crippen LogP) is 2.18. The molecule has 0 saturated carbocycles. The Morgan fingerprint density at radius 3 is 2.70 bits per heavy atom. The number of nitrogens with one attached hydrogen (secondary N) is 1. The number of pyridine rings is 2. The predicted molar refractivity (Wildman–Crippen MR) is 75.2 cm³/mol. The number of halogens is 1. The van der Waals surface area contributed by atoms with Crippen LogP contribution in [0, 0.1) is 0 Å². The fraction of sp³-hybridized carbons (Fsp3) is 0. The third kappa shape index (κ3) is 2.21. The average molecular weight is 309 g/mol. The largest absolute Gasteiger partial charge is 0.288 e. The van der Waals surface area contributed by atoms with Gasteiger partial charge in [-0.25, -0.2) is 9.97 Å². The van der Waals surface area contributed by atoms with E-state index in [-0.39, 0.29) is 16.0 Å². The summed E-state index contributed by atoms with van der Waals surface area (Å²) in [6, 6.07) is 10.0. The van der Waals surface area contributed by atoms with E-state index in [9.17, 15) is 8.42 Å². The zero-order valence-corrected chi connectivity index (χ0v) is 11.6. The van der Waals surface area contributed by atoms with Crippen molar-refractivity contribution in [2.75, 3.05) is 4.72 Å². The summed E-state index contributed by atoms with van der Waals surface area (Å²) in [7, 11) is -3.87. The van der Waals surface area contributed by atoms with Gasteiger partial charge in [0.05, 0.1) is 0 Å². The van der Waals surface area contributed by atoms with Crippen molar-refractivity contribution in [3.05, 3.63) is 53.9 Å². The van der Waals surface area contributed by atoms with E-state index in [1.165, 1.54) is 10.6 Å². The van der Waals surface area contributed by atoms with Crippen LogP contribution in [-0.2, 0) is 10.0 Å². The van der Waals surface area contributed by atoms with Crippen molar-refractivity contribution >= 4 is 33.1 Å². The number of sulfonamides is 1. The molecule has 1 N–H and O–H groups in total. The number of anilines is 1. The number of nitrogens with zero attached hydrogens (tertiary/aromatic N) is 3. The van der Waals surface area contributed by atoms with Crippen LogP contribution >= 0.6 is 11.6 Å². The first-order valence-corrected chi connectivity index (χ1v) is 7.50. The SMILES string of the molecule is O=S(=O)(Nc1ccccn1)c1c(Cl)nc2ccccn12. The number of aromatic nitrogens is 3. The van der Waals surface area contributed by atoms with E-state index in [4.69, 9.17) is 11.6 Å². The molecule has 0 amide bonds. The second kappa shape index (κ2) is 4.77. The lowest BCUT2D eigenvalue weighted by Crippen LogP contribution is -2.16. The Labute approximate surface area is 120 Å². The van der Waals surface area contributed by atoms with Crippen molar-refractivity contribution in [2.24, 2.45) is 0 Å². The molecule has 0 atom stereocenters. The highest BCUT2D eigenvalue weighted by Gasteiger charge is 2.24. The highest BCUT2D eigenvalue weighted by atomic mass is 35.5. The average Bonchev–Trinajstić information content (AvgIpc) is 2.75. The summed E-state index contributed by atoms with van der Waals surface area (Å²) in [4.78, 5) is 7.93. The maximum atomic E-state index is 12.4. The van der Waals surface area contributed by atoms with Gasteiger partial charge in [-0.15, -0.1) is 0 Å². The fourth-order valence-corrected chi connectivity index (χ4v) is 3.45. The second-order valence-electron chi connectivity index (χ2n) is 3.96. The van der Waals surface area contributed by atoms with Crippen molar-refractivity contribution < 1.29 is 8.42 Å². The molecule has 0 fully saturated rings. The van der Waals surface area contributed by atoms with Gasteiger partial charge >= 0.3 is 0 Å². The monoisotopic (exact) mass is 308 g/mol. The molecule has 0 aromatic carbocycles. The number of imidazole rings is 1. The van der Waals surface area contributed by atoms with Crippen molar-refractivity contribution in [1.29, 1.82) is 0 Å². The number of rotatable bonds is 3. The van der Waals surface area contributed by atoms with Crippen molar-refractivity contribution in [2.45, 2.75) is 5.03 Å². The zero-order chi connectivity index (χ0) is 14.2. The molecule has 102 valence electrons. The topological polar surface area (TPSA) is 76.4 Å². The van der Waals surface area contributed by atoms with Gasteiger partial charge in [0.25, 0.3) is 10.0 Å². The fourth-order valence-electron chi connectivity index (χ4n) is 1.79. The summed E-state index contributed by atoms with van der Waals surface area (Å²) in [5, 5.41) is -0.194. The van der Waals surface area contributed by atoms with Crippen LogP contribution < -0.4 is 4.72 Å². The van der Waals surface area contributed by atoms with Gasteiger partial charge in [0.15, 0.2) is 10.2 Å². The molecule has 0 saturated heterocycles. The van der Waals surface area contributed by atoms with Crippen LogP contribution in [0.15, 0.2) is 53.8 Å². The molecular formula is C12H9ClN4O2S. The molecule has 20 heavy (non-hydrogen) atoms. The molecule has 8 heteroatoms. The van der Waals surface area contributed by atoms with Crippen LogP contribution in [0.2, 0.25) is 5.15 Å². The minimum Gasteiger partial charge on any atom is -0.288 e. The van der Waals surface area contributed by atoms with Crippen LogP contribution in [0.25, 0.3) is 5.65 Å². The highest BCUT2D eigenvalue weighted by Crippen LogP contribution is 2.24. The summed E-state index contributed by atoms with van der Waals surface area (Å²) >= 11 is 5.95. The van der Waals surface area contributed by atoms with Gasteiger partial charge in [0.1, 0.15) is 11.5 Å². The van der Waals surface area contributed by atoms with Gasteiger partial charge < -0.3 is 0 Å². The maximum absolute atomic E-state index is 12.4. The molecule has 3 rings (SSSR count). The zero-order valence-electron chi connectivity index (χ0n) is 10.1. The van der Waals surface area contributed by atoms with E-state index >= 15 is 0 Å². The second-order valence-corrected chi connectivity index (χ2v) is 5.91. The molecule has 0 aliphatic carbocycles. The Morgan fingerprint density at radius 1 is 1.15 bits per heavy atom. The van der Waals surface area contributed by atoms with Crippen LogP contribution in [0.4, 0.5) is 5.82 Å². The summed E-state index contributed by atoms with van der Waals surface area (Å²) in [5.41, 5.74) is 0.457. The Balaban J connectivity index is 2.12. The summed E-state index contributed by atoms with van der Waals surface area (Å²) in [5.74, 6) is 0.217. The Bertz CT molecular complexity index is 862. The van der Waals surface area contributed by atoms with E-state index in [1.54, 1.807) is 42.6 Å². The lowest BCUT2D eigenvalue weighted by atomic mass is 10.5. The molecule has 0 spiro atoms. The van der Waals surface area contributed by atoms with Gasteiger partial charge in [0.2, 0.25) is 0 Å². The first-order chi connectivity index (χ1) is 9.58. The Morgan fingerprint density at radius 2 is 1.95 bits per heavy atom. The summed E-state index contributed by atoms with van der Waals surface area (Å²) in [6.45, 7) is 0. The van der Waals surface area contributed by atoms with Gasteiger partial charge in [-0.05, 0) is 24.3 Å². The van der Waals surface area contributed by atoms with Crippen molar-refractivity contribution in [3.8, 4) is 0 Å². The van der Waals surface area contributed by atoms with Gasteiger partial charge in [-0.1, -0.05) is 23.7 Å². The number of hydrogen-bond acceptors (Lipinski definition) is 4. The third-order valence-electron chi connectivity index (χ3n) is 2.60. The van der Waals surface area contributed by atoms with E-state index in [1.807, 2.05) is 0 Å². The van der Waals surface area contributed by atoms with Crippen LogP contribution in [0.5, 0.6) is 0 Å². The lowest BCUT2D eigenvalue weighted by Gasteiger charge is -2.06. The molecule has 0 aliphatic heterocycles. The summed E-state index contributed by atoms with van der Waals surface area (Å²) in [6.07, 6.45) is 3.08. The summed E-state index contributed by atoms with van der Waals surface area (Å²) < 4.78 is 28.6. The normalized spacial score (nSPS) is 11.7. The van der Waals surface area contributed by atoms with Gasteiger partial charge in [0, 0.05) is 12.4 Å². The Kier molecular flexibility index (Phi) is 3.07. The smallest absolute Gasteiger partial charge is 0.282 e. The van der Waals surface area contributed by atoms with E-state index in [0.717, 1.165) is 0 Å². The number of fused-ring (bicyclic) bond motifs is 1. The van der Waals surface area contributed by atoms with Crippen LogP contribution in [-0.4, -0.2) is 22.8 Å². The van der Waals surface area contributed by atoms with Crippen molar-refractivity contribution in [1.82, 2.24) is 14.4 Å². The van der Waals surface area contributed by atoms with Gasteiger partial charge in [-0.3, -0.25) is 9.12 Å². The van der Waals surface area contributed by atoms with E-state index in [2.05, 4.69) is 14.7 Å². The molecule has 3 aromatic rings. The first kappa shape index (κ1) is 12.9. The maximum Gasteiger partial charge on any atom is 0.282 e. The highest BCUT2D eigenvalue weighted by molar-refractivity contribution is 7.92. The molecule has 0 aliphatic rings. The quantitative estimate of drug-likeness (QED) is 0.804. The van der Waals surface area contributed by atoms with Gasteiger partial charge in [-0.2, -0.15) is 8.42 Å². The van der Waals surface area contributed by atoms with E-state index in [0.29, 0.717) is 5.65 Å². The van der Waals surface area contributed by atoms with Crippen LogP contribution in [0.1, 0.15) is 0 Å². The molecule has 3 heterocycles. The standard InChI is InChI=1S/C12H9ClN4O2S/c13-11-12(17-8-4-2-6-10(17)15-11)20(18,19)16-9-5-1-3-7-14-9/h1-8H,(H,14,16). The number of hydrogen-bond donors (Lipinski definition) is 1. The Hall–Kier alpha value is -2.12. The minimum absolute atomic E-state index is 0.0837. The van der Waals surface area contributed by atoms with Crippen molar-refractivity contribution in [3.63, 3.8) is 0 Å². The third-order valence-corrected chi connectivity index (χ3v) is 4.36. The first-order valence-electron chi connectivity index (χ1n) is 5.64. The molecule has 0 unspecified atom stereocenters. The lowest BCUT2D eigenvalue weighted by molar-refractivity contribution is 0.596.